The van der Waals surface area contributed by atoms with E-state index >= 15 is 0 Å². The van der Waals surface area contributed by atoms with E-state index in [4.69, 9.17) is 9.47 Å². The summed E-state index contributed by atoms with van der Waals surface area (Å²) in [5, 5.41) is 9.22. The van der Waals surface area contributed by atoms with E-state index in [1.54, 1.807) is 6.07 Å². The zero-order valence-corrected chi connectivity index (χ0v) is 8.95. The number of ether oxygens (including phenoxy) is 2. The van der Waals surface area contributed by atoms with Crippen molar-refractivity contribution in [2.45, 2.75) is 25.2 Å². The van der Waals surface area contributed by atoms with Crippen LogP contribution in [0.3, 0.4) is 0 Å². The van der Waals surface area contributed by atoms with Gasteiger partial charge in [-0.1, -0.05) is 6.07 Å². The number of rotatable bonds is 2. The van der Waals surface area contributed by atoms with Crippen molar-refractivity contribution in [1.29, 1.82) is 0 Å². The number of hydrogen-bond donors (Lipinski definition) is 1. The van der Waals surface area contributed by atoms with Gasteiger partial charge in [-0.05, 0) is 37.0 Å². The second-order valence-corrected chi connectivity index (χ2v) is 4.41. The van der Waals surface area contributed by atoms with Crippen LogP contribution in [-0.4, -0.2) is 17.9 Å². The Morgan fingerprint density at radius 1 is 1.38 bits per heavy atom. The maximum atomic E-state index is 11.2. The van der Waals surface area contributed by atoms with E-state index in [-0.39, 0.29) is 6.79 Å². The molecule has 0 radical (unpaired) electrons. The standard InChI is InChI=1S/C12H12O4/c1-7-4-8(12(2-3-12)11(13)14)5-9-10(7)16-6-15-9/h4-5H,2-3,6H2,1H3,(H,13,14). The monoisotopic (exact) mass is 220 g/mol. The first-order chi connectivity index (χ1) is 7.63. The Labute approximate surface area is 92.8 Å². The molecule has 1 saturated carbocycles. The smallest absolute Gasteiger partial charge is 0.314 e. The fourth-order valence-corrected chi connectivity index (χ4v) is 2.21. The molecule has 0 spiro atoms. The predicted octanol–water partition coefficient (Wildman–Crippen LogP) is 1.84. The summed E-state index contributed by atoms with van der Waals surface area (Å²) >= 11 is 0. The molecule has 0 amide bonds. The van der Waals surface area contributed by atoms with E-state index in [9.17, 15) is 9.90 Å². The minimum absolute atomic E-state index is 0.222. The number of carboxylic acid groups (broad SMARTS) is 1. The maximum Gasteiger partial charge on any atom is 0.314 e. The summed E-state index contributed by atoms with van der Waals surface area (Å²) in [5.74, 6) is 0.665. The van der Waals surface area contributed by atoms with E-state index in [2.05, 4.69) is 0 Å². The highest BCUT2D eigenvalue weighted by atomic mass is 16.7. The summed E-state index contributed by atoms with van der Waals surface area (Å²) in [5.41, 5.74) is 1.10. The average Bonchev–Trinajstić information content (AvgIpc) is 2.92. The first-order valence-electron chi connectivity index (χ1n) is 5.28. The van der Waals surface area contributed by atoms with E-state index in [1.165, 1.54) is 0 Å². The van der Waals surface area contributed by atoms with Crippen LogP contribution < -0.4 is 9.47 Å². The number of fused-ring (bicyclic) bond motifs is 1. The van der Waals surface area contributed by atoms with Gasteiger partial charge in [-0.2, -0.15) is 0 Å². The van der Waals surface area contributed by atoms with Gasteiger partial charge in [0.1, 0.15) is 0 Å². The lowest BCUT2D eigenvalue weighted by Crippen LogP contribution is -2.19. The second-order valence-electron chi connectivity index (χ2n) is 4.41. The molecule has 16 heavy (non-hydrogen) atoms. The molecule has 1 aliphatic carbocycles. The quantitative estimate of drug-likeness (QED) is 0.826. The molecule has 4 nitrogen and oxygen atoms in total. The minimum atomic E-state index is -0.745. The van der Waals surface area contributed by atoms with Gasteiger partial charge in [-0.3, -0.25) is 4.79 Å². The SMILES string of the molecule is Cc1cc(C2(C(=O)O)CC2)cc2c1OCO2. The highest BCUT2D eigenvalue weighted by Crippen LogP contribution is 2.51. The summed E-state index contributed by atoms with van der Waals surface area (Å²) in [6, 6.07) is 3.70. The lowest BCUT2D eigenvalue weighted by molar-refractivity contribution is -0.140. The van der Waals surface area contributed by atoms with Gasteiger partial charge in [0.15, 0.2) is 11.5 Å². The molecule has 1 aromatic rings. The number of aliphatic carboxylic acids is 1. The Balaban J connectivity index is 2.10. The molecule has 2 aliphatic rings. The third kappa shape index (κ3) is 1.13. The molecule has 0 atom stereocenters. The Morgan fingerprint density at radius 3 is 2.75 bits per heavy atom. The van der Waals surface area contributed by atoms with Crippen LogP contribution in [0.4, 0.5) is 0 Å². The van der Waals surface area contributed by atoms with Crippen LogP contribution in [0.25, 0.3) is 0 Å². The van der Waals surface area contributed by atoms with Crippen LogP contribution >= 0.6 is 0 Å². The molecule has 1 N–H and O–H groups in total. The molecule has 1 fully saturated rings. The van der Waals surface area contributed by atoms with Crippen LogP contribution in [-0.2, 0) is 10.2 Å². The molecule has 0 unspecified atom stereocenters. The van der Waals surface area contributed by atoms with E-state index in [1.807, 2.05) is 13.0 Å². The number of benzene rings is 1. The molecule has 84 valence electrons. The summed E-state index contributed by atoms with van der Waals surface area (Å²) < 4.78 is 10.6. The fraction of sp³-hybridized carbons (Fsp3) is 0.417. The highest BCUT2D eigenvalue weighted by molar-refractivity contribution is 5.85. The predicted molar refractivity (Wildman–Crippen MR) is 55.8 cm³/mol. The summed E-state index contributed by atoms with van der Waals surface area (Å²) in [7, 11) is 0. The van der Waals surface area contributed by atoms with Crippen molar-refractivity contribution < 1.29 is 19.4 Å². The molecule has 1 aromatic carbocycles. The number of hydrogen-bond acceptors (Lipinski definition) is 3. The molecule has 0 saturated heterocycles. The van der Waals surface area contributed by atoms with Crippen molar-refractivity contribution in [2.75, 3.05) is 6.79 Å². The van der Waals surface area contributed by atoms with Crippen LogP contribution in [0.5, 0.6) is 11.5 Å². The lowest BCUT2D eigenvalue weighted by atomic mass is 9.94. The maximum absolute atomic E-state index is 11.2. The van der Waals surface area contributed by atoms with Gasteiger partial charge >= 0.3 is 5.97 Å². The third-order valence-electron chi connectivity index (χ3n) is 3.37. The average molecular weight is 220 g/mol. The largest absolute Gasteiger partial charge is 0.481 e. The zero-order valence-electron chi connectivity index (χ0n) is 8.95. The first-order valence-corrected chi connectivity index (χ1v) is 5.28. The van der Waals surface area contributed by atoms with Crippen LogP contribution in [0.15, 0.2) is 12.1 Å². The zero-order chi connectivity index (χ0) is 11.3. The fourth-order valence-electron chi connectivity index (χ4n) is 2.21. The van der Waals surface area contributed by atoms with Gasteiger partial charge in [0.2, 0.25) is 6.79 Å². The molecule has 4 heteroatoms. The normalized spacial score (nSPS) is 19.6. The van der Waals surface area contributed by atoms with Crippen LogP contribution in [0, 0.1) is 6.92 Å². The van der Waals surface area contributed by atoms with Gasteiger partial charge in [0, 0.05) is 0 Å². The third-order valence-corrected chi connectivity index (χ3v) is 3.37. The second kappa shape index (κ2) is 2.90. The van der Waals surface area contributed by atoms with Gasteiger partial charge in [0.05, 0.1) is 5.41 Å². The Bertz CT molecular complexity index is 474. The van der Waals surface area contributed by atoms with Gasteiger partial charge < -0.3 is 14.6 Å². The summed E-state index contributed by atoms with van der Waals surface area (Å²) in [6.45, 7) is 2.13. The Hall–Kier alpha value is -1.71. The minimum Gasteiger partial charge on any atom is -0.481 e. The van der Waals surface area contributed by atoms with Crippen molar-refractivity contribution in [3.63, 3.8) is 0 Å². The first kappa shape index (κ1) is 9.51. The van der Waals surface area contributed by atoms with Gasteiger partial charge in [0.25, 0.3) is 0 Å². The van der Waals surface area contributed by atoms with E-state index in [0.717, 1.165) is 16.9 Å². The lowest BCUT2D eigenvalue weighted by Gasteiger charge is -2.12. The van der Waals surface area contributed by atoms with Crippen LogP contribution in [0.1, 0.15) is 24.0 Å². The molecule has 1 aliphatic heterocycles. The van der Waals surface area contributed by atoms with Crippen molar-refractivity contribution in [1.82, 2.24) is 0 Å². The topological polar surface area (TPSA) is 55.8 Å². The Morgan fingerprint density at radius 2 is 2.12 bits per heavy atom. The van der Waals surface area contributed by atoms with Gasteiger partial charge in [-0.25, -0.2) is 0 Å². The highest BCUT2D eigenvalue weighted by Gasteiger charge is 2.52. The summed E-state index contributed by atoms with van der Waals surface area (Å²) in [6.07, 6.45) is 1.42. The molecular weight excluding hydrogens is 208 g/mol. The molecule has 3 rings (SSSR count). The van der Waals surface area contributed by atoms with Crippen molar-refractivity contribution in [3.05, 3.63) is 23.3 Å². The number of carboxylic acids is 1. The van der Waals surface area contributed by atoms with Crippen molar-refractivity contribution in [3.8, 4) is 11.5 Å². The molecule has 0 bridgehead atoms. The number of aryl methyl sites for hydroxylation is 1. The van der Waals surface area contributed by atoms with Gasteiger partial charge in [-0.15, -0.1) is 0 Å². The Kier molecular flexibility index (Phi) is 1.73. The van der Waals surface area contributed by atoms with Crippen LogP contribution in [0.2, 0.25) is 0 Å². The van der Waals surface area contributed by atoms with Crippen molar-refractivity contribution in [2.24, 2.45) is 0 Å². The van der Waals surface area contributed by atoms with E-state index in [0.29, 0.717) is 18.6 Å². The summed E-state index contributed by atoms with van der Waals surface area (Å²) in [4.78, 5) is 11.2. The molecular formula is C12H12O4. The molecule has 0 aromatic heterocycles. The van der Waals surface area contributed by atoms with E-state index < -0.39 is 11.4 Å². The molecule has 1 heterocycles. The number of carbonyl (C=O) groups is 1. The van der Waals surface area contributed by atoms with Crippen molar-refractivity contribution >= 4 is 5.97 Å².